The molecule has 12 heteroatoms. The van der Waals surface area contributed by atoms with Gasteiger partial charge in [-0.1, -0.05) is 0 Å². The summed E-state index contributed by atoms with van der Waals surface area (Å²) in [4.78, 5) is 18.3. The lowest BCUT2D eigenvalue weighted by atomic mass is 10.0. The Morgan fingerprint density at radius 1 is 1.12 bits per heavy atom. The number of benzene rings is 1. The first-order valence-electron chi connectivity index (χ1n) is 10.0. The largest absolute Gasteiger partial charge is 0.416 e. The van der Waals surface area contributed by atoms with Crippen molar-refractivity contribution in [2.24, 2.45) is 0 Å². The molecule has 33 heavy (non-hydrogen) atoms. The van der Waals surface area contributed by atoms with E-state index in [2.05, 4.69) is 20.4 Å². The zero-order valence-corrected chi connectivity index (χ0v) is 21.3. The van der Waals surface area contributed by atoms with Crippen LogP contribution in [-0.2, 0) is 25.7 Å². The molecular weight excluding hydrogens is 520 g/mol. The van der Waals surface area contributed by atoms with Crippen LogP contribution < -0.4 is 10.6 Å². The first-order chi connectivity index (χ1) is 14.3. The molecule has 2 aliphatic rings. The van der Waals surface area contributed by atoms with E-state index in [-0.39, 0.29) is 48.8 Å². The maximum atomic E-state index is 13.5. The van der Waals surface area contributed by atoms with Crippen LogP contribution in [0.1, 0.15) is 31.9 Å². The summed E-state index contributed by atoms with van der Waals surface area (Å²) in [6.07, 6.45) is -3.72. The molecule has 1 saturated heterocycles. The monoisotopic (exact) mass is 546 g/mol. The third-order valence-electron chi connectivity index (χ3n) is 5.64. The SMILES string of the molecule is CN1CCN(Cc2cc(NC(=O)c3csc4c3CCNC4)cc(C(F)(F)F)c2)CC1.Cl.Cl.Cl. The number of anilines is 1. The zero-order chi connectivity index (χ0) is 21.3. The molecule has 0 radical (unpaired) electrons. The van der Waals surface area contributed by atoms with Gasteiger partial charge in [0.2, 0.25) is 0 Å². The van der Waals surface area contributed by atoms with Gasteiger partial charge >= 0.3 is 6.18 Å². The maximum absolute atomic E-state index is 13.5. The minimum Gasteiger partial charge on any atom is -0.322 e. The van der Waals surface area contributed by atoms with Crippen molar-refractivity contribution in [1.82, 2.24) is 15.1 Å². The van der Waals surface area contributed by atoms with Crippen LogP contribution in [-0.4, -0.2) is 55.5 Å². The summed E-state index contributed by atoms with van der Waals surface area (Å²) < 4.78 is 40.4. The van der Waals surface area contributed by atoms with E-state index in [1.807, 2.05) is 7.05 Å². The van der Waals surface area contributed by atoms with E-state index in [4.69, 9.17) is 0 Å². The predicted octanol–water partition coefficient (Wildman–Crippen LogP) is 4.68. The number of piperazine rings is 1. The number of halogens is 6. The van der Waals surface area contributed by atoms with E-state index in [1.165, 1.54) is 17.4 Å². The van der Waals surface area contributed by atoms with Crippen LogP contribution in [0.4, 0.5) is 18.9 Å². The number of amides is 1. The van der Waals surface area contributed by atoms with Crippen molar-refractivity contribution in [2.75, 3.05) is 45.1 Å². The van der Waals surface area contributed by atoms with Crippen LogP contribution in [0.2, 0.25) is 0 Å². The molecule has 186 valence electrons. The number of hydrogen-bond donors (Lipinski definition) is 2. The highest BCUT2D eigenvalue weighted by Crippen LogP contribution is 2.33. The van der Waals surface area contributed by atoms with Gasteiger partial charge in [-0.15, -0.1) is 48.6 Å². The Hall–Kier alpha value is -1.07. The topological polar surface area (TPSA) is 47.6 Å². The van der Waals surface area contributed by atoms with Gasteiger partial charge in [-0.05, 0) is 49.3 Å². The third-order valence-corrected chi connectivity index (χ3v) is 6.67. The Labute approximate surface area is 214 Å². The van der Waals surface area contributed by atoms with Crippen molar-refractivity contribution in [3.05, 3.63) is 50.7 Å². The number of carbonyl (C=O) groups is 1. The molecule has 1 aromatic carbocycles. The summed E-state index contributed by atoms with van der Waals surface area (Å²) in [5.74, 6) is -0.348. The normalized spacial score (nSPS) is 16.6. The smallest absolute Gasteiger partial charge is 0.322 e. The maximum Gasteiger partial charge on any atom is 0.416 e. The van der Waals surface area contributed by atoms with E-state index in [0.29, 0.717) is 17.7 Å². The fourth-order valence-corrected chi connectivity index (χ4v) is 4.98. The Morgan fingerprint density at radius 3 is 2.48 bits per heavy atom. The second-order valence-electron chi connectivity index (χ2n) is 7.93. The standard InChI is InChI=1S/C21H25F3N4OS.3ClH/c1-27-4-6-28(7-5-27)12-14-8-15(21(22,23)24)10-16(9-14)26-20(29)18-13-30-19-11-25-3-2-17(18)19;;;/h8-10,13,25H,2-7,11-12H2,1H3,(H,26,29);3*1H. The third kappa shape index (κ3) is 7.45. The number of likely N-dealkylation sites (N-methyl/N-ethyl adjacent to an activating group) is 1. The lowest BCUT2D eigenvalue weighted by Crippen LogP contribution is -2.43. The van der Waals surface area contributed by atoms with Crippen LogP contribution in [0, 0.1) is 0 Å². The van der Waals surface area contributed by atoms with Gasteiger partial charge in [-0.3, -0.25) is 9.69 Å². The first-order valence-corrected chi connectivity index (χ1v) is 10.9. The second kappa shape index (κ2) is 12.6. The van der Waals surface area contributed by atoms with Crippen LogP contribution >= 0.6 is 48.6 Å². The molecule has 5 nitrogen and oxygen atoms in total. The molecule has 0 spiro atoms. The number of thiophene rings is 1. The number of fused-ring (bicyclic) bond motifs is 1. The second-order valence-corrected chi connectivity index (χ2v) is 8.89. The lowest BCUT2D eigenvalue weighted by molar-refractivity contribution is -0.137. The highest BCUT2D eigenvalue weighted by Gasteiger charge is 2.32. The minimum atomic E-state index is -4.47. The average Bonchev–Trinajstić information content (AvgIpc) is 3.13. The van der Waals surface area contributed by atoms with Crippen molar-refractivity contribution in [3.63, 3.8) is 0 Å². The molecule has 0 unspecified atom stereocenters. The Bertz CT molecular complexity index is 934. The molecule has 1 aromatic heterocycles. The molecule has 1 fully saturated rings. The average molecular weight is 548 g/mol. The quantitative estimate of drug-likeness (QED) is 0.584. The van der Waals surface area contributed by atoms with Crippen molar-refractivity contribution in [3.8, 4) is 0 Å². The Kier molecular flexibility index (Phi) is 11.4. The van der Waals surface area contributed by atoms with E-state index in [1.54, 1.807) is 11.4 Å². The highest BCUT2D eigenvalue weighted by atomic mass is 35.5. The van der Waals surface area contributed by atoms with Crippen LogP contribution in [0.15, 0.2) is 23.6 Å². The fourth-order valence-electron chi connectivity index (χ4n) is 3.93. The fraction of sp³-hybridized carbons (Fsp3) is 0.476. The number of nitrogens with zero attached hydrogens (tertiary/aromatic N) is 2. The summed E-state index contributed by atoms with van der Waals surface area (Å²) in [6.45, 7) is 5.35. The van der Waals surface area contributed by atoms with Crippen molar-refractivity contribution < 1.29 is 18.0 Å². The van der Waals surface area contributed by atoms with Gasteiger partial charge in [0.15, 0.2) is 0 Å². The lowest BCUT2D eigenvalue weighted by Gasteiger charge is -2.32. The van der Waals surface area contributed by atoms with Crippen molar-refractivity contribution in [2.45, 2.75) is 25.7 Å². The summed E-state index contributed by atoms with van der Waals surface area (Å²) in [5, 5.41) is 7.77. The van der Waals surface area contributed by atoms with Gasteiger partial charge in [-0.2, -0.15) is 13.2 Å². The van der Waals surface area contributed by atoms with Gasteiger partial charge in [-0.25, -0.2) is 0 Å². The summed E-state index contributed by atoms with van der Waals surface area (Å²) >= 11 is 1.51. The molecule has 2 N–H and O–H groups in total. The van der Waals surface area contributed by atoms with Crippen molar-refractivity contribution in [1.29, 1.82) is 0 Å². The number of hydrogen-bond acceptors (Lipinski definition) is 5. The van der Waals surface area contributed by atoms with Crippen LogP contribution in [0.5, 0.6) is 0 Å². The van der Waals surface area contributed by atoms with E-state index >= 15 is 0 Å². The van der Waals surface area contributed by atoms with Crippen molar-refractivity contribution >= 4 is 60.2 Å². The molecule has 0 bridgehead atoms. The molecule has 1 amide bonds. The number of nitrogens with one attached hydrogen (secondary N) is 2. The molecule has 3 heterocycles. The molecule has 0 aliphatic carbocycles. The van der Waals surface area contributed by atoms with Gasteiger partial charge in [0.1, 0.15) is 0 Å². The van der Waals surface area contributed by atoms with E-state index in [0.717, 1.165) is 62.2 Å². The molecule has 2 aliphatic heterocycles. The molecule has 4 rings (SSSR count). The number of rotatable bonds is 4. The first kappa shape index (κ1) is 30.0. The predicted molar refractivity (Wildman–Crippen MR) is 134 cm³/mol. The Morgan fingerprint density at radius 2 is 1.82 bits per heavy atom. The molecule has 2 aromatic rings. The highest BCUT2D eigenvalue weighted by molar-refractivity contribution is 7.10. The van der Waals surface area contributed by atoms with Gasteiger partial charge in [0.25, 0.3) is 5.91 Å². The van der Waals surface area contributed by atoms with Crippen LogP contribution in [0.3, 0.4) is 0 Å². The molecule has 0 saturated carbocycles. The summed E-state index contributed by atoms with van der Waals surface area (Å²) in [6, 6.07) is 3.86. The molecule has 0 atom stereocenters. The molecular formula is C21H28Cl3F3N4OS. The van der Waals surface area contributed by atoms with Crippen LogP contribution in [0.25, 0.3) is 0 Å². The number of carbonyl (C=O) groups excluding carboxylic acids is 1. The van der Waals surface area contributed by atoms with Gasteiger partial charge in [0.05, 0.1) is 11.1 Å². The minimum absolute atomic E-state index is 0. The van der Waals surface area contributed by atoms with Gasteiger partial charge < -0.3 is 15.5 Å². The zero-order valence-electron chi connectivity index (χ0n) is 18.0. The van der Waals surface area contributed by atoms with E-state index in [9.17, 15) is 18.0 Å². The van der Waals surface area contributed by atoms with E-state index < -0.39 is 11.7 Å². The summed E-state index contributed by atoms with van der Waals surface area (Å²) in [5.41, 5.74) is 1.57. The summed E-state index contributed by atoms with van der Waals surface area (Å²) in [7, 11) is 2.04. The number of alkyl halides is 3. The van der Waals surface area contributed by atoms with Gasteiger partial charge in [0, 0.05) is 55.2 Å². The Balaban J connectivity index is 0.00000181.